The summed E-state index contributed by atoms with van der Waals surface area (Å²) in [7, 11) is -4.38. The Balaban J connectivity index is 2.10. The highest BCUT2D eigenvalue weighted by atomic mass is 35.5. The van der Waals surface area contributed by atoms with Crippen molar-refractivity contribution in [2.45, 2.75) is 16.6 Å². The first-order valence-electron chi connectivity index (χ1n) is 7.57. The van der Waals surface area contributed by atoms with Crippen LogP contribution in [0, 0.1) is 0 Å². The van der Waals surface area contributed by atoms with E-state index in [-0.39, 0.29) is 26.2 Å². The molecule has 5 nitrogen and oxygen atoms in total. The molecular formula is C14H13ClF6N2O3S2. The number of nitrogens with zero attached hydrogens (tertiary/aromatic N) is 2. The molecule has 0 unspecified atom stereocenters. The van der Waals surface area contributed by atoms with Gasteiger partial charge >= 0.3 is 11.7 Å². The standard InChI is InChI=1S/C14H13ClF6N2O3S2/c15-10-2-1-9(13(16,17)18)7-11(10)28(25,26)23-5-3-22(4-6-23)12(24)8-27-14(19,20)21/h1-2,7H,3-6,8H2. The van der Waals surface area contributed by atoms with Crippen LogP contribution in [0.2, 0.25) is 5.02 Å². The predicted molar refractivity (Wildman–Crippen MR) is 90.3 cm³/mol. The maximum Gasteiger partial charge on any atom is 0.442 e. The van der Waals surface area contributed by atoms with E-state index in [2.05, 4.69) is 0 Å². The van der Waals surface area contributed by atoms with Gasteiger partial charge in [-0.25, -0.2) is 8.42 Å². The van der Waals surface area contributed by atoms with Crippen LogP contribution in [0.25, 0.3) is 0 Å². The van der Waals surface area contributed by atoms with E-state index in [0.717, 1.165) is 15.3 Å². The Labute approximate surface area is 165 Å². The number of carbonyl (C=O) groups is 1. The van der Waals surface area contributed by atoms with E-state index >= 15 is 0 Å². The second kappa shape index (κ2) is 8.28. The van der Waals surface area contributed by atoms with Gasteiger partial charge in [-0.2, -0.15) is 30.6 Å². The maximum atomic E-state index is 12.8. The van der Waals surface area contributed by atoms with Crippen molar-refractivity contribution in [3.8, 4) is 0 Å². The van der Waals surface area contributed by atoms with Crippen LogP contribution >= 0.6 is 23.4 Å². The number of alkyl halides is 6. The number of rotatable bonds is 4. The topological polar surface area (TPSA) is 57.7 Å². The summed E-state index contributed by atoms with van der Waals surface area (Å²) in [5, 5.41) is -0.395. The molecule has 1 aliphatic rings. The quantitative estimate of drug-likeness (QED) is 0.633. The molecule has 0 spiro atoms. The van der Waals surface area contributed by atoms with Crippen LogP contribution in [-0.4, -0.2) is 61.0 Å². The minimum absolute atomic E-state index is 0.187. The van der Waals surface area contributed by atoms with Crippen molar-refractivity contribution in [2.24, 2.45) is 0 Å². The van der Waals surface area contributed by atoms with Gasteiger partial charge in [0.05, 0.1) is 16.3 Å². The summed E-state index contributed by atoms with van der Waals surface area (Å²) in [5.74, 6) is -1.65. The van der Waals surface area contributed by atoms with Crippen LogP contribution in [0.3, 0.4) is 0 Å². The van der Waals surface area contributed by atoms with E-state index in [1.165, 1.54) is 0 Å². The SMILES string of the molecule is O=C(CSC(F)(F)F)N1CCN(S(=O)(=O)c2cc(C(F)(F)F)ccc2Cl)CC1. The van der Waals surface area contributed by atoms with Gasteiger partial charge in [0, 0.05) is 26.2 Å². The van der Waals surface area contributed by atoms with Crippen LogP contribution in [0.4, 0.5) is 26.3 Å². The van der Waals surface area contributed by atoms with Crippen LogP contribution < -0.4 is 0 Å². The molecule has 1 heterocycles. The van der Waals surface area contributed by atoms with Gasteiger partial charge in [0.25, 0.3) is 0 Å². The van der Waals surface area contributed by atoms with Gasteiger partial charge in [0.1, 0.15) is 4.90 Å². The maximum absolute atomic E-state index is 12.8. The summed E-state index contributed by atoms with van der Waals surface area (Å²) in [6, 6.07) is 1.90. The van der Waals surface area contributed by atoms with Crippen LogP contribution in [-0.2, 0) is 21.0 Å². The smallest absolute Gasteiger partial charge is 0.339 e. The Hall–Kier alpha value is -1.18. The average Bonchev–Trinajstić information content (AvgIpc) is 2.58. The second-order valence-electron chi connectivity index (χ2n) is 5.66. The molecule has 1 fully saturated rings. The van der Waals surface area contributed by atoms with E-state index in [9.17, 15) is 39.6 Å². The fraction of sp³-hybridized carbons (Fsp3) is 0.500. The Kier molecular flexibility index (Phi) is 6.83. The number of thioether (sulfide) groups is 1. The number of amides is 1. The monoisotopic (exact) mass is 470 g/mol. The Morgan fingerprint density at radius 3 is 2.14 bits per heavy atom. The van der Waals surface area contributed by atoms with Gasteiger partial charge in [-0.1, -0.05) is 11.6 Å². The molecule has 0 aromatic heterocycles. The number of hydrogen-bond donors (Lipinski definition) is 0. The third-order valence-electron chi connectivity index (χ3n) is 3.83. The fourth-order valence-electron chi connectivity index (χ4n) is 2.43. The van der Waals surface area contributed by atoms with E-state index < -0.39 is 60.6 Å². The summed E-state index contributed by atoms with van der Waals surface area (Å²) in [5.41, 5.74) is -5.75. The third kappa shape index (κ3) is 5.67. The minimum Gasteiger partial charge on any atom is -0.339 e. The van der Waals surface area contributed by atoms with Gasteiger partial charge in [0.2, 0.25) is 15.9 Å². The number of carbonyl (C=O) groups excluding carboxylic acids is 1. The molecule has 0 aliphatic carbocycles. The lowest BCUT2D eigenvalue weighted by atomic mass is 10.2. The van der Waals surface area contributed by atoms with E-state index in [1.54, 1.807) is 0 Å². The predicted octanol–water partition coefficient (Wildman–Crippen LogP) is 3.44. The molecule has 0 radical (unpaired) electrons. The molecule has 1 aliphatic heterocycles. The lowest BCUT2D eigenvalue weighted by Crippen LogP contribution is -2.51. The first-order valence-corrected chi connectivity index (χ1v) is 10.4. The molecule has 1 aromatic carbocycles. The summed E-state index contributed by atoms with van der Waals surface area (Å²) in [4.78, 5) is 12.1. The molecule has 14 heteroatoms. The normalized spacial score (nSPS) is 17.0. The average molecular weight is 471 g/mol. The number of halogens is 7. The summed E-state index contributed by atoms with van der Waals surface area (Å²) >= 11 is 5.26. The molecule has 158 valence electrons. The van der Waals surface area contributed by atoms with E-state index in [4.69, 9.17) is 11.6 Å². The lowest BCUT2D eigenvalue weighted by molar-refractivity contribution is -0.137. The number of sulfonamides is 1. The van der Waals surface area contributed by atoms with Crippen molar-refractivity contribution in [1.29, 1.82) is 0 Å². The zero-order valence-electron chi connectivity index (χ0n) is 13.8. The zero-order chi connectivity index (χ0) is 21.3. The molecule has 0 bridgehead atoms. The molecule has 2 rings (SSSR count). The molecule has 0 N–H and O–H groups in total. The molecule has 28 heavy (non-hydrogen) atoms. The van der Waals surface area contributed by atoms with Gasteiger partial charge in [0.15, 0.2) is 0 Å². The van der Waals surface area contributed by atoms with Crippen molar-refractivity contribution >= 4 is 39.3 Å². The number of hydrogen-bond acceptors (Lipinski definition) is 4. The lowest BCUT2D eigenvalue weighted by Gasteiger charge is -2.34. The first kappa shape index (κ1) is 23.1. The van der Waals surface area contributed by atoms with Crippen molar-refractivity contribution < 1.29 is 39.6 Å². The molecule has 1 aromatic rings. The van der Waals surface area contributed by atoms with Crippen molar-refractivity contribution in [3.63, 3.8) is 0 Å². The Bertz CT molecular complexity index is 836. The molecule has 1 saturated heterocycles. The highest BCUT2D eigenvalue weighted by molar-refractivity contribution is 8.00. The largest absolute Gasteiger partial charge is 0.442 e. The number of piperazine rings is 1. The second-order valence-corrected chi connectivity index (χ2v) is 9.02. The molecule has 0 saturated carbocycles. The van der Waals surface area contributed by atoms with Crippen LogP contribution in [0.1, 0.15) is 5.56 Å². The highest BCUT2D eigenvalue weighted by Gasteiger charge is 2.36. The van der Waals surface area contributed by atoms with Crippen molar-refractivity contribution in [3.05, 3.63) is 28.8 Å². The van der Waals surface area contributed by atoms with Crippen LogP contribution in [0.15, 0.2) is 23.1 Å². The van der Waals surface area contributed by atoms with Crippen molar-refractivity contribution in [2.75, 3.05) is 31.9 Å². The highest BCUT2D eigenvalue weighted by Crippen LogP contribution is 2.35. The number of benzene rings is 1. The Morgan fingerprint density at radius 1 is 1.07 bits per heavy atom. The molecule has 0 atom stereocenters. The van der Waals surface area contributed by atoms with E-state index in [1.807, 2.05) is 0 Å². The molecular weight excluding hydrogens is 458 g/mol. The van der Waals surface area contributed by atoms with Gasteiger partial charge in [-0.05, 0) is 30.0 Å². The zero-order valence-corrected chi connectivity index (χ0v) is 16.2. The fourth-order valence-corrected chi connectivity index (χ4v) is 4.82. The van der Waals surface area contributed by atoms with Gasteiger partial charge < -0.3 is 4.90 Å². The van der Waals surface area contributed by atoms with Gasteiger partial charge in [-0.3, -0.25) is 4.79 Å². The third-order valence-corrected chi connectivity index (χ3v) is 6.93. The summed E-state index contributed by atoms with van der Waals surface area (Å²) in [6.07, 6.45) is -4.77. The van der Waals surface area contributed by atoms with Gasteiger partial charge in [-0.15, -0.1) is 0 Å². The molecule has 1 amide bonds. The van der Waals surface area contributed by atoms with Crippen molar-refractivity contribution in [1.82, 2.24) is 9.21 Å². The summed E-state index contributed by atoms with van der Waals surface area (Å²) in [6.45, 7) is -0.936. The Morgan fingerprint density at radius 2 is 1.64 bits per heavy atom. The minimum atomic E-state index is -4.77. The first-order chi connectivity index (χ1) is 12.7. The summed E-state index contributed by atoms with van der Waals surface area (Å²) < 4.78 is 101. The van der Waals surface area contributed by atoms with E-state index in [0.29, 0.717) is 12.1 Å². The van der Waals surface area contributed by atoms with Crippen LogP contribution in [0.5, 0.6) is 0 Å².